The topological polar surface area (TPSA) is 83.6 Å². The highest BCUT2D eigenvalue weighted by Gasteiger charge is 2.32. The predicted molar refractivity (Wildman–Crippen MR) is 114 cm³/mol. The van der Waals surface area contributed by atoms with Crippen LogP contribution in [0.4, 0.5) is 5.69 Å². The highest BCUT2D eigenvalue weighted by atomic mass is 35.5. The number of piperidine rings is 1. The quantitative estimate of drug-likeness (QED) is 0.704. The fourth-order valence-corrected chi connectivity index (χ4v) is 4.74. The second kappa shape index (κ2) is 9.07. The van der Waals surface area contributed by atoms with Gasteiger partial charge in [-0.1, -0.05) is 41.9 Å². The first-order valence-corrected chi connectivity index (χ1v) is 11.5. The molecular formula is C21H23ClN2O4S. The average Bonchev–Trinajstić information content (AvgIpc) is 2.75. The summed E-state index contributed by atoms with van der Waals surface area (Å²) in [5.41, 5.74) is 1.15. The molecule has 8 heteroatoms. The Labute approximate surface area is 175 Å². The van der Waals surface area contributed by atoms with Gasteiger partial charge in [-0.15, -0.1) is 0 Å². The number of benzene rings is 2. The van der Waals surface area contributed by atoms with E-state index in [2.05, 4.69) is 5.32 Å². The minimum absolute atomic E-state index is 0.00818. The SMILES string of the molecule is CCS(=O)(=O)N1CCC[C@H](C(=O)Nc2ccc(Cl)cc2C(=O)c2ccccc2)C1. The van der Waals surface area contributed by atoms with Crippen molar-refractivity contribution in [3.05, 3.63) is 64.7 Å². The summed E-state index contributed by atoms with van der Waals surface area (Å²) in [5, 5.41) is 3.20. The molecule has 3 rings (SSSR count). The summed E-state index contributed by atoms with van der Waals surface area (Å²) in [6.45, 7) is 2.17. The number of nitrogens with one attached hydrogen (secondary N) is 1. The normalized spacial score (nSPS) is 17.7. The van der Waals surface area contributed by atoms with E-state index in [4.69, 9.17) is 11.6 Å². The van der Waals surface area contributed by atoms with E-state index in [1.807, 2.05) is 6.07 Å². The molecule has 1 amide bonds. The summed E-state index contributed by atoms with van der Waals surface area (Å²) >= 11 is 6.08. The molecule has 0 aromatic heterocycles. The Hall–Kier alpha value is -2.22. The van der Waals surface area contributed by atoms with Gasteiger partial charge in [-0.25, -0.2) is 12.7 Å². The minimum Gasteiger partial charge on any atom is -0.325 e. The average molecular weight is 435 g/mol. The van der Waals surface area contributed by atoms with E-state index in [0.717, 1.165) is 0 Å². The van der Waals surface area contributed by atoms with Crippen molar-refractivity contribution in [2.45, 2.75) is 19.8 Å². The summed E-state index contributed by atoms with van der Waals surface area (Å²) in [7, 11) is -3.34. The molecular weight excluding hydrogens is 412 g/mol. The Morgan fingerprint density at radius 3 is 2.59 bits per heavy atom. The minimum atomic E-state index is -3.34. The molecule has 1 fully saturated rings. The van der Waals surface area contributed by atoms with E-state index in [-0.39, 0.29) is 24.0 Å². The van der Waals surface area contributed by atoms with Gasteiger partial charge in [0.15, 0.2) is 5.78 Å². The molecule has 0 spiro atoms. The summed E-state index contributed by atoms with van der Waals surface area (Å²) in [4.78, 5) is 25.7. The third-order valence-electron chi connectivity index (χ3n) is 5.03. The zero-order valence-corrected chi connectivity index (χ0v) is 17.7. The maximum absolute atomic E-state index is 12.9. The van der Waals surface area contributed by atoms with Crippen LogP contribution in [-0.2, 0) is 14.8 Å². The highest BCUT2D eigenvalue weighted by Crippen LogP contribution is 2.26. The molecule has 1 saturated heterocycles. The van der Waals surface area contributed by atoms with Crippen molar-refractivity contribution in [1.82, 2.24) is 4.31 Å². The number of anilines is 1. The molecule has 1 aliphatic heterocycles. The van der Waals surface area contributed by atoms with Gasteiger partial charge >= 0.3 is 0 Å². The number of hydrogen-bond donors (Lipinski definition) is 1. The van der Waals surface area contributed by atoms with E-state index in [9.17, 15) is 18.0 Å². The van der Waals surface area contributed by atoms with Crippen LogP contribution in [0.5, 0.6) is 0 Å². The maximum Gasteiger partial charge on any atom is 0.228 e. The summed E-state index contributed by atoms with van der Waals surface area (Å²) in [5.74, 6) is -1.01. The number of halogens is 1. The van der Waals surface area contributed by atoms with Crippen molar-refractivity contribution in [3.63, 3.8) is 0 Å². The van der Waals surface area contributed by atoms with Gasteiger partial charge in [0.25, 0.3) is 0 Å². The van der Waals surface area contributed by atoms with Gasteiger partial charge in [0.2, 0.25) is 15.9 Å². The Balaban J connectivity index is 1.81. The van der Waals surface area contributed by atoms with Crippen LogP contribution in [0.3, 0.4) is 0 Å². The monoisotopic (exact) mass is 434 g/mol. The van der Waals surface area contributed by atoms with Crippen LogP contribution >= 0.6 is 11.6 Å². The summed E-state index contributed by atoms with van der Waals surface area (Å²) in [6.07, 6.45) is 1.21. The van der Waals surface area contributed by atoms with E-state index in [1.54, 1.807) is 43.3 Å². The molecule has 2 aromatic carbocycles. The zero-order valence-electron chi connectivity index (χ0n) is 16.1. The number of ketones is 1. The van der Waals surface area contributed by atoms with Crippen molar-refractivity contribution in [2.75, 3.05) is 24.2 Å². The lowest BCUT2D eigenvalue weighted by molar-refractivity contribution is -0.120. The molecule has 0 bridgehead atoms. The van der Waals surface area contributed by atoms with Crippen LogP contribution in [0.1, 0.15) is 35.7 Å². The Kier molecular flexibility index (Phi) is 6.72. The van der Waals surface area contributed by atoms with Gasteiger partial charge < -0.3 is 5.32 Å². The standard InChI is InChI=1S/C21H23ClN2O4S/c1-2-29(27,28)24-12-6-9-16(14-24)21(26)23-19-11-10-17(22)13-18(19)20(25)15-7-4-3-5-8-15/h3-5,7-8,10-11,13,16H,2,6,9,12,14H2,1H3,(H,23,26)/t16-/m0/s1. The van der Waals surface area contributed by atoms with Gasteiger partial charge in [0.05, 0.1) is 17.4 Å². The largest absolute Gasteiger partial charge is 0.325 e. The summed E-state index contributed by atoms with van der Waals surface area (Å²) in [6, 6.07) is 13.5. The van der Waals surface area contributed by atoms with E-state index in [1.165, 1.54) is 10.4 Å². The van der Waals surface area contributed by atoms with Crippen molar-refractivity contribution in [3.8, 4) is 0 Å². The molecule has 0 saturated carbocycles. The fourth-order valence-electron chi connectivity index (χ4n) is 3.38. The van der Waals surface area contributed by atoms with Gasteiger partial charge in [0, 0.05) is 29.2 Å². The van der Waals surface area contributed by atoms with Gasteiger partial charge in [-0.2, -0.15) is 0 Å². The van der Waals surface area contributed by atoms with E-state index < -0.39 is 15.9 Å². The zero-order chi connectivity index (χ0) is 21.0. The van der Waals surface area contributed by atoms with Crippen molar-refractivity contribution >= 4 is 39.0 Å². The number of nitrogens with zero attached hydrogens (tertiary/aromatic N) is 1. The number of sulfonamides is 1. The number of rotatable bonds is 6. The fraction of sp³-hybridized carbons (Fsp3) is 0.333. The van der Waals surface area contributed by atoms with Crippen molar-refractivity contribution < 1.29 is 18.0 Å². The molecule has 0 aliphatic carbocycles. The van der Waals surface area contributed by atoms with Crippen molar-refractivity contribution in [2.24, 2.45) is 5.92 Å². The van der Waals surface area contributed by atoms with Crippen LogP contribution in [0.15, 0.2) is 48.5 Å². The maximum atomic E-state index is 12.9. The predicted octanol–water partition coefficient (Wildman–Crippen LogP) is 3.57. The lowest BCUT2D eigenvalue weighted by atomic mass is 9.97. The number of amides is 1. The molecule has 29 heavy (non-hydrogen) atoms. The number of hydrogen-bond acceptors (Lipinski definition) is 4. The molecule has 1 aliphatic rings. The lowest BCUT2D eigenvalue weighted by Crippen LogP contribution is -2.44. The Bertz CT molecular complexity index is 1010. The van der Waals surface area contributed by atoms with E-state index in [0.29, 0.717) is 41.2 Å². The molecule has 154 valence electrons. The third kappa shape index (κ3) is 5.04. The molecule has 1 atom stereocenters. The molecule has 1 heterocycles. The first-order chi connectivity index (χ1) is 13.8. The van der Waals surface area contributed by atoms with Crippen LogP contribution in [0.2, 0.25) is 5.02 Å². The first-order valence-electron chi connectivity index (χ1n) is 9.50. The van der Waals surface area contributed by atoms with Crippen molar-refractivity contribution in [1.29, 1.82) is 0 Å². The van der Waals surface area contributed by atoms with Crippen LogP contribution in [0, 0.1) is 5.92 Å². The number of carbonyl (C=O) groups excluding carboxylic acids is 2. The smallest absolute Gasteiger partial charge is 0.228 e. The van der Waals surface area contributed by atoms with Gasteiger partial charge in [-0.05, 0) is 38.0 Å². The van der Waals surface area contributed by atoms with Gasteiger partial charge in [-0.3, -0.25) is 9.59 Å². The van der Waals surface area contributed by atoms with Gasteiger partial charge in [0.1, 0.15) is 0 Å². The summed E-state index contributed by atoms with van der Waals surface area (Å²) < 4.78 is 25.7. The van der Waals surface area contributed by atoms with Crippen LogP contribution in [0.25, 0.3) is 0 Å². The third-order valence-corrected chi connectivity index (χ3v) is 7.12. The Morgan fingerprint density at radius 1 is 1.17 bits per heavy atom. The van der Waals surface area contributed by atoms with E-state index >= 15 is 0 Å². The first kappa shape index (κ1) is 21.5. The molecule has 0 unspecified atom stereocenters. The second-order valence-electron chi connectivity index (χ2n) is 6.97. The van der Waals surface area contributed by atoms with Crippen LogP contribution < -0.4 is 5.32 Å². The Morgan fingerprint density at radius 2 is 1.90 bits per heavy atom. The highest BCUT2D eigenvalue weighted by molar-refractivity contribution is 7.89. The molecule has 6 nitrogen and oxygen atoms in total. The second-order valence-corrected chi connectivity index (χ2v) is 9.67. The molecule has 1 N–H and O–H groups in total. The molecule has 0 radical (unpaired) electrons. The lowest BCUT2D eigenvalue weighted by Gasteiger charge is -2.31. The molecule has 2 aromatic rings. The van der Waals surface area contributed by atoms with Crippen LogP contribution in [-0.4, -0.2) is 43.3 Å². The number of carbonyl (C=O) groups is 2.